The average molecular weight is 364 g/mol. The van der Waals surface area contributed by atoms with Crippen molar-refractivity contribution in [1.82, 2.24) is 19.8 Å². The quantitative estimate of drug-likeness (QED) is 0.764. The molecule has 0 aliphatic carbocycles. The molecule has 0 radical (unpaired) electrons. The van der Waals surface area contributed by atoms with E-state index in [9.17, 15) is 0 Å². The third-order valence-electron chi connectivity index (χ3n) is 5.66. The van der Waals surface area contributed by atoms with E-state index in [1.807, 2.05) is 12.3 Å². The van der Waals surface area contributed by atoms with E-state index in [1.165, 1.54) is 16.9 Å². The van der Waals surface area contributed by atoms with Gasteiger partial charge in [0.2, 0.25) is 0 Å². The minimum Gasteiger partial charge on any atom is -0.369 e. The van der Waals surface area contributed by atoms with Gasteiger partial charge in [-0.05, 0) is 37.7 Å². The van der Waals surface area contributed by atoms with E-state index < -0.39 is 0 Å². The van der Waals surface area contributed by atoms with Gasteiger partial charge >= 0.3 is 0 Å². The fourth-order valence-corrected chi connectivity index (χ4v) is 3.86. The van der Waals surface area contributed by atoms with Crippen LogP contribution in [-0.4, -0.2) is 66.1 Å². The summed E-state index contributed by atoms with van der Waals surface area (Å²) in [7, 11) is 2.19. The van der Waals surface area contributed by atoms with Gasteiger partial charge in [0.15, 0.2) is 5.82 Å². The summed E-state index contributed by atoms with van der Waals surface area (Å²) in [5, 5.41) is 0. The molecule has 27 heavy (non-hydrogen) atoms. The van der Waals surface area contributed by atoms with Gasteiger partial charge < -0.3 is 9.80 Å². The predicted octanol–water partition coefficient (Wildman–Crippen LogP) is 2.83. The predicted molar refractivity (Wildman–Crippen MR) is 111 cm³/mol. The van der Waals surface area contributed by atoms with Crippen LogP contribution < -0.4 is 4.90 Å². The van der Waals surface area contributed by atoms with Crippen molar-refractivity contribution < 1.29 is 0 Å². The molecule has 2 aliphatic heterocycles. The highest BCUT2D eigenvalue weighted by atomic mass is 15.2. The number of anilines is 1. The molecule has 2 aromatic rings. The smallest absolute Gasteiger partial charge is 0.159 e. The Labute approximate surface area is 162 Å². The largest absolute Gasteiger partial charge is 0.369 e. The Morgan fingerprint density at radius 2 is 1.85 bits per heavy atom. The molecular formula is C22H29N5. The zero-order valence-corrected chi connectivity index (χ0v) is 16.3. The number of likely N-dealkylation sites (N-methyl/N-ethyl adjacent to an activating group) is 1. The number of piperazine rings is 1. The van der Waals surface area contributed by atoms with Crippen LogP contribution in [0.5, 0.6) is 0 Å². The summed E-state index contributed by atoms with van der Waals surface area (Å²) >= 11 is 0. The molecule has 142 valence electrons. The van der Waals surface area contributed by atoms with E-state index in [-0.39, 0.29) is 0 Å². The summed E-state index contributed by atoms with van der Waals surface area (Å²) in [6, 6.07) is 8.74. The van der Waals surface area contributed by atoms with Crippen molar-refractivity contribution in [3.8, 4) is 11.4 Å². The van der Waals surface area contributed by atoms with Gasteiger partial charge in [-0.1, -0.05) is 6.08 Å². The molecule has 0 atom stereocenters. The standard InChI is InChI=1S/C22H29N5/c1-3-4-10-26-11-9-21-19(17-26)16-23-22(24-21)18-5-7-20(8-6-18)27-14-12-25(2)13-15-27/h3,5-8,16H,1,4,9-15,17H2,2H3. The maximum absolute atomic E-state index is 4.87. The molecule has 0 N–H and O–H groups in total. The van der Waals surface area contributed by atoms with Gasteiger partial charge in [0, 0.05) is 75.2 Å². The van der Waals surface area contributed by atoms with Gasteiger partial charge in [-0.3, -0.25) is 4.90 Å². The molecule has 3 heterocycles. The number of fused-ring (bicyclic) bond motifs is 1. The van der Waals surface area contributed by atoms with Gasteiger partial charge in [0.25, 0.3) is 0 Å². The molecule has 5 nitrogen and oxygen atoms in total. The first-order chi connectivity index (χ1) is 13.2. The SMILES string of the molecule is C=CCCN1CCc2nc(-c3ccc(N4CCN(C)CC4)cc3)ncc2C1. The monoisotopic (exact) mass is 363 g/mol. The average Bonchev–Trinajstić information content (AvgIpc) is 2.72. The fourth-order valence-electron chi connectivity index (χ4n) is 3.86. The van der Waals surface area contributed by atoms with Gasteiger partial charge in [0.1, 0.15) is 0 Å². The minimum atomic E-state index is 0.846. The summed E-state index contributed by atoms with van der Waals surface area (Å²) in [6.45, 7) is 11.3. The number of rotatable bonds is 5. The van der Waals surface area contributed by atoms with Crippen LogP contribution in [0.4, 0.5) is 5.69 Å². The first-order valence-electron chi connectivity index (χ1n) is 9.95. The minimum absolute atomic E-state index is 0.846. The van der Waals surface area contributed by atoms with E-state index in [0.29, 0.717) is 0 Å². The van der Waals surface area contributed by atoms with Gasteiger partial charge in [-0.15, -0.1) is 6.58 Å². The molecule has 1 saturated heterocycles. The second kappa shape index (κ2) is 8.19. The van der Waals surface area contributed by atoms with Gasteiger partial charge in [0.05, 0.1) is 5.69 Å². The van der Waals surface area contributed by atoms with Crippen LogP contribution in [0.3, 0.4) is 0 Å². The molecule has 0 bridgehead atoms. The van der Waals surface area contributed by atoms with Crippen molar-refractivity contribution in [2.24, 2.45) is 0 Å². The lowest BCUT2D eigenvalue weighted by atomic mass is 10.1. The highest BCUT2D eigenvalue weighted by Gasteiger charge is 2.18. The summed E-state index contributed by atoms with van der Waals surface area (Å²) in [6.07, 6.45) is 6.04. The van der Waals surface area contributed by atoms with Gasteiger partial charge in [-0.2, -0.15) is 0 Å². The van der Waals surface area contributed by atoms with Crippen LogP contribution in [0, 0.1) is 0 Å². The molecule has 2 aliphatic rings. The van der Waals surface area contributed by atoms with Crippen LogP contribution in [0.15, 0.2) is 43.1 Å². The maximum atomic E-state index is 4.87. The first-order valence-corrected chi connectivity index (χ1v) is 9.95. The lowest BCUT2D eigenvalue weighted by Crippen LogP contribution is -2.44. The Morgan fingerprint density at radius 3 is 2.59 bits per heavy atom. The molecule has 5 heteroatoms. The summed E-state index contributed by atoms with van der Waals surface area (Å²) in [5.74, 6) is 0.846. The molecular weight excluding hydrogens is 334 g/mol. The Morgan fingerprint density at radius 1 is 1.07 bits per heavy atom. The lowest BCUT2D eigenvalue weighted by molar-refractivity contribution is 0.256. The van der Waals surface area contributed by atoms with Crippen LogP contribution in [0.1, 0.15) is 17.7 Å². The maximum Gasteiger partial charge on any atom is 0.159 e. The van der Waals surface area contributed by atoms with Crippen molar-refractivity contribution in [3.63, 3.8) is 0 Å². The Balaban J connectivity index is 1.45. The molecule has 0 saturated carbocycles. The van der Waals surface area contributed by atoms with Crippen molar-refractivity contribution in [1.29, 1.82) is 0 Å². The Kier molecular flexibility index (Phi) is 5.50. The number of nitrogens with zero attached hydrogens (tertiary/aromatic N) is 5. The van der Waals surface area contributed by atoms with E-state index in [0.717, 1.165) is 70.0 Å². The van der Waals surface area contributed by atoms with E-state index in [4.69, 9.17) is 4.98 Å². The Hall–Kier alpha value is -2.24. The second-order valence-corrected chi connectivity index (χ2v) is 7.61. The molecule has 0 unspecified atom stereocenters. The molecule has 0 amide bonds. The fraction of sp³-hybridized carbons (Fsp3) is 0.455. The highest BCUT2D eigenvalue weighted by Crippen LogP contribution is 2.24. The van der Waals surface area contributed by atoms with E-state index in [1.54, 1.807) is 0 Å². The first kappa shape index (κ1) is 18.1. The summed E-state index contributed by atoms with van der Waals surface area (Å²) in [4.78, 5) is 16.8. The summed E-state index contributed by atoms with van der Waals surface area (Å²) < 4.78 is 0. The van der Waals surface area contributed by atoms with Crippen molar-refractivity contribution in [3.05, 3.63) is 54.4 Å². The van der Waals surface area contributed by atoms with Crippen LogP contribution >= 0.6 is 0 Å². The zero-order valence-electron chi connectivity index (χ0n) is 16.3. The molecule has 0 spiro atoms. The summed E-state index contributed by atoms with van der Waals surface area (Å²) in [5.41, 5.74) is 4.87. The number of hydrogen-bond acceptors (Lipinski definition) is 5. The number of hydrogen-bond donors (Lipinski definition) is 0. The molecule has 1 aromatic carbocycles. The van der Waals surface area contributed by atoms with Crippen molar-refractivity contribution in [2.45, 2.75) is 19.4 Å². The van der Waals surface area contributed by atoms with Crippen molar-refractivity contribution in [2.75, 3.05) is 51.2 Å². The van der Waals surface area contributed by atoms with Crippen LogP contribution in [0.2, 0.25) is 0 Å². The van der Waals surface area contributed by atoms with Gasteiger partial charge in [-0.25, -0.2) is 9.97 Å². The molecule has 1 aromatic heterocycles. The normalized spacial score (nSPS) is 18.3. The highest BCUT2D eigenvalue weighted by molar-refractivity contribution is 5.61. The van der Waals surface area contributed by atoms with Crippen molar-refractivity contribution >= 4 is 5.69 Å². The molecule has 4 rings (SSSR count). The third kappa shape index (κ3) is 4.20. The lowest BCUT2D eigenvalue weighted by Gasteiger charge is -2.34. The third-order valence-corrected chi connectivity index (χ3v) is 5.66. The van der Waals surface area contributed by atoms with Crippen LogP contribution in [-0.2, 0) is 13.0 Å². The number of benzene rings is 1. The topological polar surface area (TPSA) is 35.5 Å². The van der Waals surface area contributed by atoms with E-state index in [2.05, 4.69) is 57.6 Å². The second-order valence-electron chi connectivity index (χ2n) is 7.61. The number of aromatic nitrogens is 2. The Bertz CT molecular complexity index is 778. The molecule has 1 fully saturated rings. The zero-order chi connectivity index (χ0) is 18.6. The van der Waals surface area contributed by atoms with E-state index >= 15 is 0 Å². The van der Waals surface area contributed by atoms with Crippen LogP contribution in [0.25, 0.3) is 11.4 Å².